The average molecular weight is 358 g/mol. The van der Waals surface area contributed by atoms with Crippen molar-refractivity contribution < 1.29 is 4.92 Å². The van der Waals surface area contributed by atoms with E-state index in [9.17, 15) is 10.1 Å². The summed E-state index contributed by atoms with van der Waals surface area (Å²) in [5, 5.41) is 14.3. The van der Waals surface area contributed by atoms with Crippen molar-refractivity contribution in [3.05, 3.63) is 55.4 Å². The van der Waals surface area contributed by atoms with Gasteiger partial charge in [0.25, 0.3) is 5.69 Å². The van der Waals surface area contributed by atoms with E-state index in [-0.39, 0.29) is 5.69 Å². The van der Waals surface area contributed by atoms with Crippen LogP contribution in [0.3, 0.4) is 0 Å². The number of nitro groups is 1. The Balaban J connectivity index is 2.21. The first-order valence-corrected chi connectivity index (χ1v) is 6.80. The first-order chi connectivity index (χ1) is 9.50. The van der Waals surface area contributed by atoms with Crippen molar-refractivity contribution in [3.63, 3.8) is 0 Å². The number of anilines is 1. The Morgan fingerprint density at radius 3 is 2.90 bits per heavy atom. The molecule has 20 heavy (non-hydrogen) atoms. The molecule has 1 aromatic carbocycles. The highest BCUT2D eigenvalue weighted by molar-refractivity contribution is 9.10. The maximum Gasteiger partial charge on any atom is 0.272 e. The minimum Gasteiger partial charge on any atom is -0.365 e. The second kappa shape index (κ2) is 6.15. The van der Waals surface area contributed by atoms with Gasteiger partial charge in [-0.1, -0.05) is 23.7 Å². The van der Waals surface area contributed by atoms with Crippen LogP contribution in [-0.4, -0.2) is 14.9 Å². The van der Waals surface area contributed by atoms with Crippen molar-refractivity contribution in [3.8, 4) is 0 Å². The number of rotatable bonds is 4. The van der Waals surface area contributed by atoms with Crippen LogP contribution in [-0.2, 0) is 6.54 Å². The third-order valence-corrected chi connectivity index (χ3v) is 4.07. The normalized spacial score (nSPS) is 10.3. The molecule has 0 bridgehead atoms. The van der Waals surface area contributed by atoms with Gasteiger partial charge in [-0.05, 0) is 28.4 Å². The van der Waals surface area contributed by atoms with Gasteiger partial charge in [-0.2, -0.15) is 0 Å². The molecule has 0 spiro atoms. The van der Waals surface area contributed by atoms with Gasteiger partial charge in [-0.15, -0.1) is 0 Å². The van der Waals surface area contributed by atoms with E-state index in [1.807, 2.05) is 6.07 Å². The van der Waals surface area contributed by atoms with Crippen LogP contribution in [0.1, 0.15) is 11.1 Å². The largest absolute Gasteiger partial charge is 0.365 e. The lowest BCUT2D eigenvalue weighted by Gasteiger charge is -2.10. The van der Waals surface area contributed by atoms with Gasteiger partial charge >= 0.3 is 0 Å². The fraction of sp³-hybridized carbons (Fsp3) is 0.167. The molecule has 0 aliphatic heterocycles. The molecule has 0 aliphatic rings. The molecule has 0 unspecified atom stereocenters. The van der Waals surface area contributed by atoms with Gasteiger partial charge in [0.2, 0.25) is 0 Å². The van der Waals surface area contributed by atoms with E-state index in [0.717, 1.165) is 5.56 Å². The van der Waals surface area contributed by atoms with Crippen LogP contribution in [0.5, 0.6) is 0 Å². The number of aromatic nitrogens is 2. The first-order valence-electron chi connectivity index (χ1n) is 5.63. The molecule has 2 rings (SSSR count). The van der Waals surface area contributed by atoms with Crippen molar-refractivity contribution in [1.82, 2.24) is 9.97 Å². The van der Waals surface area contributed by atoms with E-state index >= 15 is 0 Å². The van der Waals surface area contributed by atoms with E-state index < -0.39 is 4.92 Å². The lowest BCUT2D eigenvalue weighted by Crippen LogP contribution is -2.05. The van der Waals surface area contributed by atoms with Crippen LogP contribution >= 0.6 is 27.5 Å². The molecule has 0 fully saturated rings. The van der Waals surface area contributed by atoms with Crippen molar-refractivity contribution in [1.29, 1.82) is 0 Å². The van der Waals surface area contributed by atoms with Crippen LogP contribution in [0.2, 0.25) is 5.15 Å². The highest BCUT2D eigenvalue weighted by Crippen LogP contribution is 2.27. The van der Waals surface area contributed by atoms with Crippen molar-refractivity contribution >= 4 is 39.0 Å². The molecule has 0 radical (unpaired) electrons. The van der Waals surface area contributed by atoms with Crippen molar-refractivity contribution in [2.24, 2.45) is 0 Å². The molecule has 1 heterocycles. The lowest BCUT2D eigenvalue weighted by molar-refractivity contribution is -0.385. The topological polar surface area (TPSA) is 81.0 Å². The van der Waals surface area contributed by atoms with Gasteiger partial charge < -0.3 is 5.32 Å². The Kier molecular flexibility index (Phi) is 4.51. The number of hydrogen-bond acceptors (Lipinski definition) is 5. The Labute approximate surface area is 128 Å². The minimum atomic E-state index is -0.393. The van der Waals surface area contributed by atoms with Gasteiger partial charge in [0.15, 0.2) is 0 Å². The molecule has 104 valence electrons. The Hall–Kier alpha value is -1.73. The SMILES string of the molecule is Cc1c(CNc2ncnc(Cl)c2Br)cccc1[N+](=O)[O-]. The summed E-state index contributed by atoms with van der Waals surface area (Å²) in [5.41, 5.74) is 1.55. The van der Waals surface area contributed by atoms with E-state index in [4.69, 9.17) is 11.6 Å². The zero-order valence-electron chi connectivity index (χ0n) is 10.4. The molecule has 2 aromatic rings. The maximum atomic E-state index is 10.9. The first kappa shape index (κ1) is 14.7. The second-order valence-electron chi connectivity index (χ2n) is 4.00. The second-order valence-corrected chi connectivity index (χ2v) is 5.15. The summed E-state index contributed by atoms with van der Waals surface area (Å²) >= 11 is 9.15. The average Bonchev–Trinajstić information content (AvgIpc) is 2.41. The monoisotopic (exact) mass is 356 g/mol. The van der Waals surface area contributed by atoms with Crippen LogP contribution in [0, 0.1) is 17.0 Å². The minimum absolute atomic E-state index is 0.101. The maximum absolute atomic E-state index is 10.9. The van der Waals surface area contributed by atoms with Crippen LogP contribution < -0.4 is 5.32 Å². The number of halogens is 2. The number of nitro benzene ring substituents is 1. The fourth-order valence-corrected chi connectivity index (χ4v) is 2.19. The molecular formula is C12H10BrClN4O2. The van der Waals surface area contributed by atoms with Crippen molar-refractivity contribution in [2.75, 3.05) is 5.32 Å². The van der Waals surface area contributed by atoms with E-state index in [2.05, 4.69) is 31.2 Å². The number of nitrogens with zero attached hydrogens (tertiary/aromatic N) is 3. The van der Waals surface area contributed by atoms with Gasteiger partial charge in [0.05, 0.1) is 9.40 Å². The zero-order valence-corrected chi connectivity index (χ0v) is 12.8. The van der Waals surface area contributed by atoms with Crippen LogP contribution in [0.15, 0.2) is 29.0 Å². The summed E-state index contributed by atoms with van der Waals surface area (Å²) in [6.07, 6.45) is 1.34. The van der Waals surface area contributed by atoms with Crippen LogP contribution in [0.25, 0.3) is 0 Å². The smallest absolute Gasteiger partial charge is 0.272 e. The Morgan fingerprint density at radius 2 is 2.20 bits per heavy atom. The summed E-state index contributed by atoms with van der Waals surface area (Å²) in [6.45, 7) is 2.12. The molecule has 0 saturated heterocycles. The quantitative estimate of drug-likeness (QED) is 0.512. The third kappa shape index (κ3) is 3.05. The molecule has 1 aromatic heterocycles. The van der Waals surface area contributed by atoms with Gasteiger partial charge in [0.1, 0.15) is 17.3 Å². The number of hydrogen-bond donors (Lipinski definition) is 1. The Morgan fingerprint density at radius 1 is 1.45 bits per heavy atom. The molecule has 0 aliphatic carbocycles. The summed E-state index contributed by atoms with van der Waals surface area (Å²) in [6, 6.07) is 4.96. The van der Waals surface area contributed by atoms with Gasteiger partial charge in [-0.3, -0.25) is 10.1 Å². The highest BCUT2D eigenvalue weighted by atomic mass is 79.9. The van der Waals surface area contributed by atoms with E-state index in [0.29, 0.717) is 27.6 Å². The number of nitrogens with one attached hydrogen (secondary N) is 1. The summed E-state index contributed by atoms with van der Waals surface area (Å²) in [4.78, 5) is 18.4. The van der Waals surface area contributed by atoms with Gasteiger partial charge in [-0.25, -0.2) is 9.97 Å². The summed E-state index contributed by atoms with van der Waals surface area (Å²) in [5.74, 6) is 0.538. The lowest BCUT2D eigenvalue weighted by atomic mass is 10.1. The Bertz CT molecular complexity index is 666. The van der Waals surface area contributed by atoms with E-state index in [1.165, 1.54) is 12.4 Å². The third-order valence-electron chi connectivity index (χ3n) is 2.81. The molecule has 0 amide bonds. The summed E-state index contributed by atoms with van der Waals surface area (Å²) < 4.78 is 0.560. The molecule has 0 atom stereocenters. The van der Waals surface area contributed by atoms with E-state index in [1.54, 1.807) is 13.0 Å². The molecule has 6 nitrogen and oxygen atoms in total. The molecule has 1 N–H and O–H groups in total. The molecule has 8 heteroatoms. The number of benzene rings is 1. The van der Waals surface area contributed by atoms with Crippen LogP contribution in [0.4, 0.5) is 11.5 Å². The highest BCUT2D eigenvalue weighted by Gasteiger charge is 2.13. The predicted octanol–water partition coefficient (Wildman–Crippen LogP) is 3.72. The zero-order chi connectivity index (χ0) is 14.7. The molecular weight excluding hydrogens is 348 g/mol. The fourth-order valence-electron chi connectivity index (χ4n) is 1.71. The standard InChI is InChI=1S/C12H10BrClN4O2/c1-7-8(3-2-4-9(7)18(19)20)5-15-12-10(13)11(14)16-6-17-12/h2-4,6H,5H2,1H3,(H,15,16,17). The summed E-state index contributed by atoms with van der Waals surface area (Å²) in [7, 11) is 0. The predicted molar refractivity (Wildman–Crippen MR) is 79.9 cm³/mol. The molecule has 0 saturated carbocycles. The van der Waals surface area contributed by atoms with Crippen molar-refractivity contribution in [2.45, 2.75) is 13.5 Å². The van der Waals surface area contributed by atoms with Gasteiger partial charge in [0, 0.05) is 18.2 Å².